The van der Waals surface area contributed by atoms with Crippen LogP contribution in [0.1, 0.15) is 11.6 Å². The van der Waals surface area contributed by atoms with Gasteiger partial charge in [-0.15, -0.1) is 0 Å². The summed E-state index contributed by atoms with van der Waals surface area (Å²) < 4.78 is 13.0. The van der Waals surface area contributed by atoms with E-state index < -0.39 is 11.9 Å². The third kappa shape index (κ3) is 2.08. The minimum atomic E-state index is -0.661. The highest BCUT2D eigenvalue weighted by Gasteiger charge is 2.29. The summed E-state index contributed by atoms with van der Waals surface area (Å²) in [7, 11) is 0. The van der Waals surface area contributed by atoms with E-state index in [1.165, 1.54) is 18.2 Å². The van der Waals surface area contributed by atoms with Crippen molar-refractivity contribution in [2.45, 2.75) is 6.04 Å². The highest BCUT2D eigenvalue weighted by Crippen LogP contribution is 2.21. The number of rotatable bonds is 1. The molecule has 2 rings (SSSR count). The van der Waals surface area contributed by atoms with E-state index >= 15 is 0 Å². The van der Waals surface area contributed by atoms with Gasteiger partial charge in [-0.3, -0.25) is 4.79 Å². The largest absolute Gasteiger partial charge is 0.347 e. The molecule has 78 valence electrons. The van der Waals surface area contributed by atoms with Crippen LogP contribution in [0, 0.1) is 5.82 Å². The van der Waals surface area contributed by atoms with Gasteiger partial charge in [0.15, 0.2) is 5.11 Å². The van der Waals surface area contributed by atoms with E-state index in [0.717, 1.165) is 0 Å². The molecule has 15 heavy (non-hydrogen) atoms. The van der Waals surface area contributed by atoms with E-state index in [9.17, 15) is 9.18 Å². The van der Waals surface area contributed by atoms with Crippen molar-refractivity contribution in [1.82, 2.24) is 10.6 Å². The standard InChI is InChI=1S/C9H6ClFN2OS/c10-5-1-4(2-6(11)3-5)7-8(14)13-9(15)12-7/h1-3,7H,(H2,12,13,14,15). The lowest BCUT2D eigenvalue weighted by atomic mass is 10.1. The number of halogens is 2. The van der Waals surface area contributed by atoms with Gasteiger partial charge in [-0.25, -0.2) is 4.39 Å². The van der Waals surface area contributed by atoms with Crippen molar-refractivity contribution in [2.75, 3.05) is 0 Å². The van der Waals surface area contributed by atoms with Crippen LogP contribution in [0.4, 0.5) is 4.39 Å². The Balaban J connectivity index is 2.37. The molecule has 0 aromatic heterocycles. The lowest BCUT2D eigenvalue weighted by molar-refractivity contribution is -0.120. The van der Waals surface area contributed by atoms with Gasteiger partial charge in [0.2, 0.25) is 0 Å². The molecule has 0 saturated carbocycles. The van der Waals surface area contributed by atoms with Crippen LogP contribution in [0.5, 0.6) is 0 Å². The summed E-state index contributed by atoms with van der Waals surface area (Å²) in [5.41, 5.74) is 0.456. The van der Waals surface area contributed by atoms with E-state index in [4.69, 9.17) is 23.8 Å². The molecule has 1 fully saturated rings. The van der Waals surface area contributed by atoms with Crippen LogP contribution in [0.3, 0.4) is 0 Å². The maximum atomic E-state index is 13.0. The first-order valence-electron chi connectivity index (χ1n) is 4.13. The number of thiocarbonyl (C=S) groups is 1. The maximum Gasteiger partial charge on any atom is 0.253 e. The number of carbonyl (C=O) groups is 1. The second kappa shape index (κ2) is 3.75. The van der Waals surface area contributed by atoms with Gasteiger partial charge in [0, 0.05) is 5.02 Å². The van der Waals surface area contributed by atoms with Crippen LogP contribution >= 0.6 is 23.8 Å². The molecule has 1 atom stereocenters. The van der Waals surface area contributed by atoms with Crippen LogP contribution in [0.25, 0.3) is 0 Å². The lowest BCUT2D eigenvalue weighted by Gasteiger charge is -2.08. The third-order valence-electron chi connectivity index (χ3n) is 1.99. The zero-order chi connectivity index (χ0) is 11.0. The Morgan fingerprint density at radius 2 is 2.13 bits per heavy atom. The second-order valence-electron chi connectivity index (χ2n) is 3.10. The average Bonchev–Trinajstić information content (AvgIpc) is 2.43. The SMILES string of the molecule is O=C1NC(=S)NC1c1cc(F)cc(Cl)c1. The fourth-order valence-corrected chi connectivity index (χ4v) is 1.84. The minimum Gasteiger partial charge on any atom is -0.347 e. The monoisotopic (exact) mass is 244 g/mol. The Kier molecular flexibility index (Phi) is 2.58. The summed E-state index contributed by atoms with van der Waals surface area (Å²) in [5, 5.41) is 5.63. The smallest absolute Gasteiger partial charge is 0.253 e. The fraction of sp³-hybridized carbons (Fsp3) is 0.111. The molecule has 1 heterocycles. The molecule has 0 spiro atoms. The molecule has 1 aromatic rings. The van der Waals surface area contributed by atoms with Gasteiger partial charge in [-0.1, -0.05) is 11.6 Å². The Hall–Kier alpha value is -1.20. The Labute approximate surface area is 95.6 Å². The van der Waals surface area contributed by atoms with Crippen molar-refractivity contribution in [2.24, 2.45) is 0 Å². The normalized spacial score (nSPS) is 20.0. The predicted octanol–water partition coefficient (Wildman–Crippen LogP) is 1.52. The molecule has 3 nitrogen and oxygen atoms in total. The summed E-state index contributed by atoms with van der Waals surface area (Å²) in [5.74, 6) is -0.786. The zero-order valence-electron chi connectivity index (χ0n) is 7.38. The predicted molar refractivity (Wildman–Crippen MR) is 58.0 cm³/mol. The van der Waals surface area contributed by atoms with Crippen LogP contribution in [0.2, 0.25) is 5.02 Å². The molecule has 6 heteroatoms. The Morgan fingerprint density at radius 3 is 2.67 bits per heavy atom. The summed E-state index contributed by atoms with van der Waals surface area (Å²) in [6, 6.07) is 3.29. The van der Waals surface area contributed by atoms with Gasteiger partial charge in [0.25, 0.3) is 5.91 Å². The van der Waals surface area contributed by atoms with Crippen molar-refractivity contribution in [3.63, 3.8) is 0 Å². The molecule has 1 aliphatic rings. The number of hydrogen-bond donors (Lipinski definition) is 2. The Bertz CT molecular complexity index is 431. The molecule has 1 amide bonds. The molecular formula is C9H6ClFN2OS. The molecule has 0 radical (unpaired) electrons. The van der Waals surface area contributed by atoms with E-state index in [2.05, 4.69) is 10.6 Å². The molecule has 1 aromatic carbocycles. The number of nitrogens with one attached hydrogen (secondary N) is 2. The lowest BCUT2D eigenvalue weighted by Crippen LogP contribution is -2.21. The minimum absolute atomic E-state index is 0.241. The average molecular weight is 245 g/mol. The van der Waals surface area contributed by atoms with Gasteiger partial charge in [0.1, 0.15) is 11.9 Å². The first-order valence-corrected chi connectivity index (χ1v) is 4.92. The summed E-state index contributed by atoms with van der Waals surface area (Å²) in [4.78, 5) is 11.4. The Morgan fingerprint density at radius 1 is 1.40 bits per heavy atom. The highest BCUT2D eigenvalue weighted by atomic mass is 35.5. The second-order valence-corrected chi connectivity index (χ2v) is 3.94. The van der Waals surface area contributed by atoms with Crippen molar-refractivity contribution in [1.29, 1.82) is 0 Å². The van der Waals surface area contributed by atoms with E-state index in [1.807, 2.05) is 0 Å². The van der Waals surface area contributed by atoms with Gasteiger partial charge in [0.05, 0.1) is 0 Å². The molecule has 1 saturated heterocycles. The van der Waals surface area contributed by atoms with Gasteiger partial charge in [-0.05, 0) is 36.0 Å². The first kappa shape index (κ1) is 10.3. The first-order chi connectivity index (χ1) is 7.06. The number of amides is 1. The quantitative estimate of drug-likeness (QED) is 0.736. The molecule has 2 N–H and O–H groups in total. The van der Waals surface area contributed by atoms with E-state index in [1.54, 1.807) is 0 Å². The topological polar surface area (TPSA) is 41.1 Å². The number of carbonyl (C=O) groups excluding carboxylic acids is 1. The van der Waals surface area contributed by atoms with Crippen molar-refractivity contribution in [3.8, 4) is 0 Å². The highest BCUT2D eigenvalue weighted by molar-refractivity contribution is 7.80. The maximum absolute atomic E-state index is 13.0. The molecule has 1 aliphatic heterocycles. The van der Waals surface area contributed by atoms with Crippen molar-refractivity contribution in [3.05, 3.63) is 34.6 Å². The fourth-order valence-electron chi connectivity index (χ4n) is 1.39. The van der Waals surface area contributed by atoms with Crippen LogP contribution in [0.15, 0.2) is 18.2 Å². The van der Waals surface area contributed by atoms with Crippen LogP contribution < -0.4 is 10.6 Å². The van der Waals surface area contributed by atoms with Crippen LogP contribution in [-0.4, -0.2) is 11.0 Å². The number of benzene rings is 1. The summed E-state index contributed by atoms with van der Waals surface area (Å²) in [6.07, 6.45) is 0. The van der Waals surface area contributed by atoms with Crippen LogP contribution in [-0.2, 0) is 4.79 Å². The number of hydrogen-bond acceptors (Lipinski definition) is 2. The van der Waals surface area contributed by atoms with Gasteiger partial charge >= 0.3 is 0 Å². The summed E-state index contributed by atoms with van der Waals surface area (Å²) >= 11 is 10.4. The zero-order valence-corrected chi connectivity index (χ0v) is 8.95. The molecule has 0 aliphatic carbocycles. The van der Waals surface area contributed by atoms with Gasteiger partial charge in [-0.2, -0.15) is 0 Å². The third-order valence-corrected chi connectivity index (χ3v) is 2.43. The molecule has 0 bridgehead atoms. The molecule has 1 unspecified atom stereocenters. The molecular weight excluding hydrogens is 239 g/mol. The van der Waals surface area contributed by atoms with E-state index in [-0.39, 0.29) is 16.0 Å². The van der Waals surface area contributed by atoms with E-state index in [0.29, 0.717) is 5.56 Å². The van der Waals surface area contributed by atoms with Gasteiger partial charge < -0.3 is 10.6 Å². The summed E-state index contributed by atoms with van der Waals surface area (Å²) in [6.45, 7) is 0. The van der Waals surface area contributed by atoms with Crippen molar-refractivity contribution >= 4 is 34.8 Å². The van der Waals surface area contributed by atoms with Crippen molar-refractivity contribution < 1.29 is 9.18 Å².